The number of amides is 1. The van der Waals surface area contributed by atoms with Crippen LogP contribution in [0.5, 0.6) is 0 Å². The van der Waals surface area contributed by atoms with Gasteiger partial charge in [-0.15, -0.1) is 0 Å². The summed E-state index contributed by atoms with van der Waals surface area (Å²) in [6.45, 7) is 5.32. The minimum Gasteiger partial charge on any atom is -0.324 e. The van der Waals surface area contributed by atoms with Gasteiger partial charge in [-0.05, 0) is 50.6 Å². The molecule has 0 saturated carbocycles. The predicted octanol–water partition coefficient (Wildman–Crippen LogP) is 4.40. The van der Waals surface area contributed by atoms with Crippen LogP contribution in [0.3, 0.4) is 0 Å². The zero-order valence-electron chi connectivity index (χ0n) is 14.9. The molecule has 0 heterocycles. The highest BCUT2D eigenvalue weighted by atomic mass is 35.5. The first-order chi connectivity index (χ1) is 12.0. The molecule has 2 aromatic carbocycles. The quantitative estimate of drug-likeness (QED) is 0.787. The summed E-state index contributed by atoms with van der Waals surface area (Å²) in [7, 11) is -3.78. The first-order valence-electron chi connectivity index (χ1n) is 7.83. The Morgan fingerprint density at radius 1 is 1.12 bits per heavy atom. The molecule has 0 aliphatic heterocycles. The number of hydrogen-bond acceptors (Lipinski definition) is 3. The molecular formula is C18H20Cl2N2O3S. The number of halogens is 2. The summed E-state index contributed by atoms with van der Waals surface area (Å²) in [5, 5.41) is 3.28. The summed E-state index contributed by atoms with van der Waals surface area (Å²) in [5.41, 5.74) is 2.73. The molecule has 0 aliphatic carbocycles. The van der Waals surface area contributed by atoms with Crippen LogP contribution in [0.15, 0.2) is 36.4 Å². The molecule has 0 radical (unpaired) electrons. The lowest BCUT2D eigenvalue weighted by molar-refractivity contribution is -0.116. The number of sulfonamides is 1. The average molecular weight is 415 g/mol. The third kappa shape index (κ3) is 4.69. The highest BCUT2D eigenvalue weighted by Gasteiger charge is 2.31. The van der Waals surface area contributed by atoms with Crippen molar-refractivity contribution in [2.24, 2.45) is 0 Å². The van der Waals surface area contributed by atoms with Gasteiger partial charge in [0.25, 0.3) is 0 Å². The zero-order chi connectivity index (χ0) is 19.6. The molecule has 2 aromatic rings. The minimum absolute atomic E-state index is 0.157. The van der Waals surface area contributed by atoms with Crippen LogP contribution in [0.4, 0.5) is 11.4 Å². The van der Waals surface area contributed by atoms with Crippen LogP contribution >= 0.6 is 23.2 Å². The number of aryl methyl sites for hydroxylation is 2. The summed E-state index contributed by atoms with van der Waals surface area (Å²) < 4.78 is 25.7. The van der Waals surface area contributed by atoms with Gasteiger partial charge in [-0.2, -0.15) is 0 Å². The van der Waals surface area contributed by atoms with E-state index < -0.39 is 22.0 Å². The third-order valence-corrected chi connectivity index (χ3v) is 5.66. The van der Waals surface area contributed by atoms with Crippen LogP contribution in [0.2, 0.25) is 10.0 Å². The molecule has 8 heteroatoms. The lowest BCUT2D eigenvalue weighted by atomic mass is 10.1. The second kappa shape index (κ2) is 7.86. The molecule has 1 N–H and O–H groups in total. The molecule has 2 rings (SSSR count). The Morgan fingerprint density at radius 3 is 2.35 bits per heavy atom. The maximum atomic E-state index is 12.7. The molecule has 0 spiro atoms. The van der Waals surface area contributed by atoms with Crippen molar-refractivity contribution in [2.75, 3.05) is 15.9 Å². The van der Waals surface area contributed by atoms with E-state index in [0.29, 0.717) is 10.7 Å². The van der Waals surface area contributed by atoms with Crippen molar-refractivity contribution >= 4 is 50.5 Å². The Morgan fingerprint density at radius 2 is 1.77 bits per heavy atom. The maximum absolute atomic E-state index is 12.7. The van der Waals surface area contributed by atoms with Gasteiger partial charge in [0.1, 0.15) is 6.04 Å². The van der Waals surface area contributed by atoms with Gasteiger partial charge in [0.15, 0.2) is 0 Å². The lowest BCUT2D eigenvalue weighted by Crippen LogP contribution is -2.45. The Kier molecular flexibility index (Phi) is 6.21. The molecule has 1 amide bonds. The number of carbonyl (C=O) groups is 1. The molecule has 0 bridgehead atoms. The monoisotopic (exact) mass is 414 g/mol. The molecule has 0 aromatic heterocycles. The zero-order valence-corrected chi connectivity index (χ0v) is 17.2. The normalized spacial score (nSPS) is 12.5. The van der Waals surface area contributed by atoms with E-state index in [9.17, 15) is 13.2 Å². The Labute approximate surface area is 164 Å². The van der Waals surface area contributed by atoms with Gasteiger partial charge >= 0.3 is 0 Å². The summed E-state index contributed by atoms with van der Waals surface area (Å²) in [4.78, 5) is 12.7. The molecule has 1 atom stereocenters. The van der Waals surface area contributed by atoms with Crippen LogP contribution in [-0.2, 0) is 14.8 Å². The number of carbonyl (C=O) groups excluding carboxylic acids is 1. The maximum Gasteiger partial charge on any atom is 0.248 e. The topological polar surface area (TPSA) is 66.5 Å². The summed E-state index contributed by atoms with van der Waals surface area (Å²) in [5.74, 6) is -0.474. The van der Waals surface area contributed by atoms with Crippen molar-refractivity contribution in [1.82, 2.24) is 0 Å². The third-order valence-electron chi connectivity index (χ3n) is 3.87. The van der Waals surface area contributed by atoms with E-state index in [1.54, 1.807) is 12.1 Å². The van der Waals surface area contributed by atoms with Gasteiger partial charge in [0.2, 0.25) is 15.9 Å². The number of rotatable bonds is 5. The minimum atomic E-state index is -3.78. The Hall–Kier alpha value is -1.76. The fourth-order valence-electron chi connectivity index (χ4n) is 2.63. The second-order valence-corrected chi connectivity index (χ2v) is 8.84. The predicted molar refractivity (Wildman–Crippen MR) is 108 cm³/mol. The van der Waals surface area contributed by atoms with Crippen molar-refractivity contribution in [3.63, 3.8) is 0 Å². The van der Waals surface area contributed by atoms with Crippen molar-refractivity contribution in [3.8, 4) is 0 Å². The van der Waals surface area contributed by atoms with Gasteiger partial charge in [0.05, 0.1) is 17.0 Å². The summed E-state index contributed by atoms with van der Waals surface area (Å²) >= 11 is 12.1. The number of benzene rings is 2. The van der Waals surface area contributed by atoms with E-state index >= 15 is 0 Å². The van der Waals surface area contributed by atoms with Gasteiger partial charge in [-0.3, -0.25) is 9.10 Å². The second-order valence-electron chi connectivity index (χ2n) is 6.14. The van der Waals surface area contributed by atoms with Crippen molar-refractivity contribution < 1.29 is 13.2 Å². The smallest absolute Gasteiger partial charge is 0.248 e. The number of nitrogens with zero attached hydrogens (tertiary/aromatic N) is 1. The van der Waals surface area contributed by atoms with Gasteiger partial charge in [-0.1, -0.05) is 40.9 Å². The van der Waals surface area contributed by atoms with Crippen molar-refractivity contribution in [1.29, 1.82) is 0 Å². The molecule has 0 saturated heterocycles. The van der Waals surface area contributed by atoms with Crippen LogP contribution in [0, 0.1) is 13.8 Å². The van der Waals surface area contributed by atoms with Crippen molar-refractivity contribution in [2.45, 2.75) is 26.8 Å². The van der Waals surface area contributed by atoms with E-state index in [0.717, 1.165) is 21.7 Å². The standard InChI is InChI=1S/C18H20Cl2N2O3S/c1-11-5-8-16(12(2)9-11)21-18(23)13(3)22(26(4,24)25)17-10-14(19)6-7-15(17)20/h5-10,13H,1-4H3,(H,21,23). The SMILES string of the molecule is Cc1ccc(NC(=O)C(C)N(c2cc(Cl)ccc2Cl)S(C)(=O)=O)c(C)c1. The van der Waals surface area contributed by atoms with Crippen LogP contribution in [-0.4, -0.2) is 26.6 Å². The Balaban J connectivity index is 2.39. The van der Waals surface area contributed by atoms with Crippen LogP contribution in [0.1, 0.15) is 18.1 Å². The van der Waals surface area contributed by atoms with E-state index in [4.69, 9.17) is 23.2 Å². The molecule has 1 unspecified atom stereocenters. The highest BCUT2D eigenvalue weighted by Crippen LogP contribution is 2.32. The molecule has 5 nitrogen and oxygen atoms in total. The summed E-state index contributed by atoms with van der Waals surface area (Å²) in [6.07, 6.45) is 1.02. The van der Waals surface area contributed by atoms with Gasteiger partial charge in [-0.25, -0.2) is 8.42 Å². The first-order valence-corrected chi connectivity index (χ1v) is 10.4. The number of anilines is 2. The molecule has 0 fully saturated rings. The van der Waals surface area contributed by atoms with Crippen LogP contribution in [0.25, 0.3) is 0 Å². The Bertz CT molecular complexity index is 945. The fraction of sp³-hybridized carbons (Fsp3) is 0.278. The van der Waals surface area contributed by atoms with Gasteiger partial charge in [0, 0.05) is 10.7 Å². The fourth-order valence-corrected chi connectivity index (χ4v) is 4.23. The number of nitrogens with one attached hydrogen (secondary N) is 1. The van der Waals surface area contributed by atoms with Crippen molar-refractivity contribution in [3.05, 3.63) is 57.6 Å². The lowest BCUT2D eigenvalue weighted by Gasteiger charge is -2.29. The van der Waals surface area contributed by atoms with E-state index in [2.05, 4.69) is 5.32 Å². The highest BCUT2D eigenvalue weighted by molar-refractivity contribution is 7.92. The first kappa shape index (κ1) is 20.6. The molecule has 26 heavy (non-hydrogen) atoms. The van der Waals surface area contributed by atoms with E-state index in [1.165, 1.54) is 19.1 Å². The average Bonchev–Trinajstić information content (AvgIpc) is 2.52. The van der Waals surface area contributed by atoms with Gasteiger partial charge < -0.3 is 5.32 Å². The largest absolute Gasteiger partial charge is 0.324 e. The molecule has 0 aliphatic rings. The number of hydrogen-bond donors (Lipinski definition) is 1. The van der Waals surface area contributed by atoms with E-state index in [-0.39, 0.29) is 10.7 Å². The molecule has 140 valence electrons. The summed E-state index contributed by atoms with van der Waals surface area (Å²) in [6, 6.07) is 9.03. The molecular weight excluding hydrogens is 395 g/mol. The van der Waals surface area contributed by atoms with Crippen LogP contribution < -0.4 is 9.62 Å². The van der Waals surface area contributed by atoms with E-state index in [1.807, 2.05) is 26.0 Å².